The Balaban J connectivity index is 2.58. The predicted molar refractivity (Wildman–Crippen MR) is 59.5 cm³/mol. The molecule has 0 unspecified atom stereocenters. The lowest BCUT2D eigenvalue weighted by Gasteiger charge is -2.01. The van der Waals surface area contributed by atoms with Crippen molar-refractivity contribution in [2.24, 2.45) is 0 Å². The van der Waals surface area contributed by atoms with Crippen molar-refractivity contribution in [3.05, 3.63) is 33.0 Å². The van der Waals surface area contributed by atoms with Crippen LogP contribution < -0.4 is 0 Å². The van der Waals surface area contributed by atoms with Crippen LogP contribution in [-0.4, -0.2) is 10.1 Å². The standard InChI is InChI=1S/C9H5Cl3N2O/c1-4-13-9(15-14-4)5-2-7(11)8(12)3-6(5)10/h2-3H,1H3. The highest BCUT2D eigenvalue weighted by atomic mass is 35.5. The van der Waals surface area contributed by atoms with Gasteiger partial charge in [0.05, 0.1) is 20.6 Å². The van der Waals surface area contributed by atoms with Crippen molar-refractivity contribution in [2.45, 2.75) is 6.92 Å². The van der Waals surface area contributed by atoms with Gasteiger partial charge >= 0.3 is 0 Å². The van der Waals surface area contributed by atoms with Crippen LogP contribution in [0.4, 0.5) is 0 Å². The molecule has 0 bridgehead atoms. The molecule has 0 radical (unpaired) electrons. The fourth-order valence-electron chi connectivity index (χ4n) is 1.09. The zero-order valence-corrected chi connectivity index (χ0v) is 9.86. The van der Waals surface area contributed by atoms with Crippen molar-refractivity contribution in [2.75, 3.05) is 0 Å². The largest absolute Gasteiger partial charge is 0.334 e. The van der Waals surface area contributed by atoms with Gasteiger partial charge in [-0.3, -0.25) is 0 Å². The summed E-state index contributed by atoms with van der Waals surface area (Å²) >= 11 is 17.6. The second kappa shape index (κ2) is 4.00. The lowest BCUT2D eigenvalue weighted by Crippen LogP contribution is -1.81. The van der Waals surface area contributed by atoms with E-state index in [0.29, 0.717) is 32.3 Å². The highest BCUT2D eigenvalue weighted by Gasteiger charge is 2.13. The molecule has 1 aromatic heterocycles. The number of nitrogens with zero attached hydrogens (tertiary/aromatic N) is 2. The monoisotopic (exact) mass is 262 g/mol. The summed E-state index contributed by atoms with van der Waals surface area (Å²) < 4.78 is 4.98. The van der Waals surface area contributed by atoms with Gasteiger partial charge in [-0.05, 0) is 19.1 Å². The SMILES string of the molecule is Cc1noc(-c2cc(Cl)c(Cl)cc2Cl)n1. The van der Waals surface area contributed by atoms with E-state index in [2.05, 4.69) is 10.1 Å². The third kappa shape index (κ3) is 2.09. The zero-order chi connectivity index (χ0) is 11.0. The van der Waals surface area contributed by atoms with Gasteiger partial charge in [-0.15, -0.1) is 0 Å². The maximum atomic E-state index is 5.97. The zero-order valence-electron chi connectivity index (χ0n) is 7.59. The molecule has 0 atom stereocenters. The molecule has 0 N–H and O–H groups in total. The smallest absolute Gasteiger partial charge is 0.259 e. The molecule has 2 aromatic rings. The third-order valence-corrected chi connectivity index (χ3v) is 2.80. The van der Waals surface area contributed by atoms with Crippen molar-refractivity contribution in [1.29, 1.82) is 0 Å². The highest BCUT2D eigenvalue weighted by molar-refractivity contribution is 6.43. The summed E-state index contributed by atoms with van der Waals surface area (Å²) in [6.45, 7) is 1.72. The van der Waals surface area contributed by atoms with E-state index in [4.69, 9.17) is 39.3 Å². The van der Waals surface area contributed by atoms with Gasteiger partial charge in [-0.1, -0.05) is 40.0 Å². The van der Waals surface area contributed by atoms with Crippen molar-refractivity contribution < 1.29 is 4.52 Å². The Labute approximate surface area is 101 Å². The van der Waals surface area contributed by atoms with E-state index in [1.165, 1.54) is 0 Å². The molecule has 0 aliphatic rings. The maximum absolute atomic E-state index is 5.97. The van der Waals surface area contributed by atoms with Crippen LogP contribution in [0.5, 0.6) is 0 Å². The molecule has 0 aliphatic heterocycles. The van der Waals surface area contributed by atoms with Gasteiger partial charge in [0.2, 0.25) is 0 Å². The van der Waals surface area contributed by atoms with Gasteiger partial charge in [0.15, 0.2) is 5.82 Å². The third-order valence-electron chi connectivity index (χ3n) is 1.77. The van der Waals surface area contributed by atoms with Crippen molar-refractivity contribution in [1.82, 2.24) is 10.1 Å². The summed E-state index contributed by atoms with van der Waals surface area (Å²) in [4.78, 5) is 4.05. The summed E-state index contributed by atoms with van der Waals surface area (Å²) in [7, 11) is 0. The van der Waals surface area contributed by atoms with Crippen molar-refractivity contribution in [3.8, 4) is 11.5 Å². The average Bonchev–Trinajstić information content (AvgIpc) is 2.58. The Morgan fingerprint density at radius 3 is 2.33 bits per heavy atom. The number of hydrogen-bond acceptors (Lipinski definition) is 3. The van der Waals surface area contributed by atoms with E-state index >= 15 is 0 Å². The molecule has 0 aliphatic carbocycles. The first kappa shape index (κ1) is 10.7. The Morgan fingerprint density at radius 2 is 1.73 bits per heavy atom. The number of benzene rings is 1. The Kier molecular flexibility index (Phi) is 2.87. The fraction of sp³-hybridized carbons (Fsp3) is 0.111. The Morgan fingerprint density at radius 1 is 1.07 bits per heavy atom. The fourth-order valence-corrected chi connectivity index (χ4v) is 1.72. The predicted octanol–water partition coefficient (Wildman–Crippen LogP) is 4.01. The van der Waals surface area contributed by atoms with Crippen LogP contribution in [0.25, 0.3) is 11.5 Å². The first-order valence-corrected chi connectivity index (χ1v) is 5.16. The molecule has 0 spiro atoms. The summed E-state index contributed by atoms with van der Waals surface area (Å²) in [5.41, 5.74) is 0.576. The van der Waals surface area contributed by atoms with Crippen LogP contribution in [0.15, 0.2) is 16.7 Å². The van der Waals surface area contributed by atoms with Crippen LogP contribution in [0.2, 0.25) is 15.1 Å². The minimum atomic E-state index is 0.330. The molecule has 0 amide bonds. The Hall–Kier alpha value is -0.770. The molecule has 78 valence electrons. The number of rotatable bonds is 1. The Bertz CT molecular complexity index is 510. The molecule has 3 nitrogen and oxygen atoms in total. The van der Waals surface area contributed by atoms with Gasteiger partial charge < -0.3 is 4.52 Å². The van der Waals surface area contributed by atoms with Crippen LogP contribution in [-0.2, 0) is 0 Å². The van der Waals surface area contributed by atoms with Gasteiger partial charge in [-0.25, -0.2) is 0 Å². The van der Waals surface area contributed by atoms with Crippen LogP contribution >= 0.6 is 34.8 Å². The molecule has 1 aromatic carbocycles. The maximum Gasteiger partial charge on any atom is 0.259 e. The molecule has 1 heterocycles. The molecular formula is C9H5Cl3N2O. The lowest BCUT2D eigenvalue weighted by molar-refractivity contribution is 0.425. The van der Waals surface area contributed by atoms with Gasteiger partial charge in [0, 0.05) is 0 Å². The van der Waals surface area contributed by atoms with E-state index in [1.54, 1.807) is 19.1 Å². The minimum Gasteiger partial charge on any atom is -0.334 e. The number of hydrogen-bond donors (Lipinski definition) is 0. The molecule has 6 heteroatoms. The number of aryl methyl sites for hydroxylation is 1. The first-order valence-electron chi connectivity index (χ1n) is 4.03. The second-order valence-electron chi connectivity index (χ2n) is 2.89. The summed E-state index contributed by atoms with van der Waals surface area (Å²) in [6.07, 6.45) is 0. The van der Waals surface area contributed by atoms with E-state index in [1.807, 2.05) is 0 Å². The lowest BCUT2D eigenvalue weighted by atomic mass is 10.2. The average molecular weight is 264 g/mol. The van der Waals surface area contributed by atoms with E-state index in [0.717, 1.165) is 0 Å². The van der Waals surface area contributed by atoms with Crippen molar-refractivity contribution in [3.63, 3.8) is 0 Å². The summed E-state index contributed by atoms with van der Waals surface area (Å²) in [5, 5.41) is 4.88. The van der Waals surface area contributed by atoms with Crippen molar-refractivity contribution >= 4 is 34.8 Å². The molecule has 0 saturated heterocycles. The molecule has 15 heavy (non-hydrogen) atoms. The summed E-state index contributed by atoms with van der Waals surface area (Å²) in [5.74, 6) is 0.864. The minimum absolute atomic E-state index is 0.330. The van der Waals surface area contributed by atoms with Gasteiger partial charge in [0.25, 0.3) is 5.89 Å². The van der Waals surface area contributed by atoms with Gasteiger partial charge in [-0.2, -0.15) is 4.98 Å². The van der Waals surface area contributed by atoms with E-state index < -0.39 is 0 Å². The highest BCUT2D eigenvalue weighted by Crippen LogP contribution is 2.34. The molecule has 0 fully saturated rings. The van der Waals surface area contributed by atoms with Crippen LogP contribution in [0.3, 0.4) is 0 Å². The normalized spacial score (nSPS) is 10.7. The molecule has 0 saturated carbocycles. The first-order chi connectivity index (χ1) is 7.08. The topological polar surface area (TPSA) is 38.9 Å². The molecule has 2 rings (SSSR count). The van der Waals surface area contributed by atoms with E-state index in [-0.39, 0.29) is 0 Å². The molecular weight excluding hydrogens is 258 g/mol. The van der Waals surface area contributed by atoms with Crippen LogP contribution in [0.1, 0.15) is 5.82 Å². The number of aromatic nitrogens is 2. The second-order valence-corrected chi connectivity index (χ2v) is 4.11. The van der Waals surface area contributed by atoms with E-state index in [9.17, 15) is 0 Å². The summed E-state index contributed by atoms with van der Waals surface area (Å²) in [6, 6.07) is 3.14. The number of halogens is 3. The quantitative estimate of drug-likeness (QED) is 0.730. The van der Waals surface area contributed by atoms with Gasteiger partial charge in [0.1, 0.15) is 0 Å². The van der Waals surface area contributed by atoms with Crippen LogP contribution in [0, 0.1) is 6.92 Å².